The number of hydrogen-bond donors (Lipinski definition) is 0. The average molecular weight is 164 g/mol. The van der Waals surface area contributed by atoms with Crippen LogP contribution in [-0.2, 0) is 9.59 Å². The van der Waals surface area contributed by atoms with E-state index in [0.29, 0.717) is 18.0 Å². The van der Waals surface area contributed by atoms with Crippen molar-refractivity contribution >= 4 is 11.6 Å². The Labute approximate surface area is 71.3 Å². The highest BCUT2D eigenvalue weighted by Gasteiger charge is 2.74. The summed E-state index contributed by atoms with van der Waals surface area (Å²) in [5.41, 5.74) is -0.245. The van der Waals surface area contributed by atoms with E-state index in [-0.39, 0.29) is 10.8 Å². The number of Topliss-reactive ketones (excluding diaryl/α,β-unsaturated/α-hetero) is 2. The van der Waals surface area contributed by atoms with E-state index in [0.717, 1.165) is 32.1 Å². The van der Waals surface area contributed by atoms with Gasteiger partial charge in [-0.25, -0.2) is 0 Å². The molecule has 2 atom stereocenters. The van der Waals surface area contributed by atoms with E-state index in [1.54, 1.807) is 0 Å². The average Bonchev–Trinajstić information content (AvgIpc) is 2.02. The maximum absolute atomic E-state index is 11.6. The maximum atomic E-state index is 11.6. The molecule has 0 aliphatic heterocycles. The zero-order chi connectivity index (χ0) is 8.40. The molecule has 64 valence electrons. The van der Waals surface area contributed by atoms with E-state index in [2.05, 4.69) is 0 Å². The summed E-state index contributed by atoms with van der Waals surface area (Å²) in [5.74, 6) is 0.765. The van der Waals surface area contributed by atoms with Crippen molar-refractivity contribution in [2.75, 3.05) is 0 Å². The van der Waals surface area contributed by atoms with Crippen molar-refractivity contribution < 1.29 is 9.59 Å². The van der Waals surface area contributed by atoms with Gasteiger partial charge in [0.2, 0.25) is 0 Å². The lowest BCUT2D eigenvalue weighted by atomic mass is 9.33. The second-order valence-corrected chi connectivity index (χ2v) is 4.54. The standard InChI is InChI=1S/C10H12O2/c11-7-2-1-3-9-4-5-10(7,9)6-8(9)12/h1-6H2. The first-order chi connectivity index (χ1) is 5.71. The van der Waals surface area contributed by atoms with Gasteiger partial charge in [0.15, 0.2) is 0 Å². The van der Waals surface area contributed by atoms with Crippen molar-refractivity contribution in [2.45, 2.75) is 38.5 Å². The third-order valence-electron chi connectivity index (χ3n) is 4.43. The Balaban J connectivity index is 2.06. The van der Waals surface area contributed by atoms with Gasteiger partial charge in [-0.3, -0.25) is 9.59 Å². The number of rotatable bonds is 0. The van der Waals surface area contributed by atoms with E-state index in [1.165, 1.54) is 0 Å². The largest absolute Gasteiger partial charge is 0.299 e. The van der Waals surface area contributed by atoms with Crippen LogP contribution in [0.5, 0.6) is 0 Å². The second-order valence-electron chi connectivity index (χ2n) is 4.54. The summed E-state index contributed by atoms with van der Waals surface area (Å²) in [6.07, 6.45) is 5.25. The van der Waals surface area contributed by atoms with Crippen LogP contribution < -0.4 is 0 Å². The van der Waals surface area contributed by atoms with Gasteiger partial charge in [0, 0.05) is 23.7 Å². The van der Waals surface area contributed by atoms with E-state index in [9.17, 15) is 9.59 Å². The number of hydrogen-bond acceptors (Lipinski definition) is 2. The minimum atomic E-state index is -0.123. The predicted molar refractivity (Wildman–Crippen MR) is 42.6 cm³/mol. The number of carbonyl (C=O) groups excluding carboxylic acids is 2. The first-order valence-corrected chi connectivity index (χ1v) is 4.78. The molecule has 0 spiro atoms. The van der Waals surface area contributed by atoms with Gasteiger partial charge in [0.1, 0.15) is 11.6 Å². The molecule has 0 aromatic heterocycles. The summed E-state index contributed by atoms with van der Waals surface area (Å²) >= 11 is 0. The summed E-state index contributed by atoms with van der Waals surface area (Å²) in [4.78, 5) is 23.1. The van der Waals surface area contributed by atoms with Gasteiger partial charge in [0.05, 0.1) is 0 Å². The molecule has 0 aromatic carbocycles. The fraction of sp³-hybridized carbons (Fsp3) is 0.800. The summed E-state index contributed by atoms with van der Waals surface area (Å²) in [5, 5.41) is 0. The third kappa shape index (κ3) is 0.420. The molecule has 2 nitrogen and oxygen atoms in total. The monoisotopic (exact) mass is 164 g/mol. The van der Waals surface area contributed by atoms with Crippen molar-refractivity contribution in [1.82, 2.24) is 0 Å². The van der Waals surface area contributed by atoms with Crippen LogP contribution in [0.25, 0.3) is 0 Å². The zero-order valence-electron chi connectivity index (χ0n) is 7.06. The molecule has 0 aromatic rings. The van der Waals surface area contributed by atoms with Gasteiger partial charge in [0.25, 0.3) is 0 Å². The molecule has 2 unspecified atom stereocenters. The van der Waals surface area contributed by atoms with E-state index >= 15 is 0 Å². The first-order valence-electron chi connectivity index (χ1n) is 4.78. The Morgan fingerprint density at radius 2 is 1.67 bits per heavy atom. The quantitative estimate of drug-likeness (QED) is 0.543. The van der Waals surface area contributed by atoms with Gasteiger partial charge in [-0.15, -0.1) is 0 Å². The minimum Gasteiger partial charge on any atom is -0.299 e. The molecule has 12 heavy (non-hydrogen) atoms. The molecule has 0 heterocycles. The van der Waals surface area contributed by atoms with Crippen LogP contribution in [0.15, 0.2) is 0 Å². The molecule has 0 amide bonds. The molecule has 3 aliphatic carbocycles. The molecule has 3 fully saturated rings. The van der Waals surface area contributed by atoms with Gasteiger partial charge < -0.3 is 0 Å². The highest BCUT2D eigenvalue weighted by molar-refractivity contribution is 6.07. The van der Waals surface area contributed by atoms with Crippen LogP contribution in [0.4, 0.5) is 0 Å². The Kier molecular flexibility index (Phi) is 0.940. The second kappa shape index (κ2) is 1.66. The predicted octanol–water partition coefficient (Wildman–Crippen LogP) is 1.48. The lowest BCUT2D eigenvalue weighted by molar-refractivity contribution is -0.202. The molecule has 3 aliphatic rings. The van der Waals surface area contributed by atoms with E-state index in [4.69, 9.17) is 0 Å². The Morgan fingerprint density at radius 1 is 0.917 bits per heavy atom. The first kappa shape index (κ1) is 6.81. The normalized spacial score (nSPS) is 50.3. The molecule has 3 rings (SSSR count). The van der Waals surface area contributed by atoms with Crippen LogP contribution in [0.1, 0.15) is 38.5 Å². The van der Waals surface area contributed by atoms with E-state index in [1.807, 2.05) is 0 Å². The molecule has 0 saturated heterocycles. The Morgan fingerprint density at radius 3 is 2.17 bits per heavy atom. The van der Waals surface area contributed by atoms with Crippen molar-refractivity contribution in [3.63, 3.8) is 0 Å². The van der Waals surface area contributed by atoms with Crippen molar-refractivity contribution in [3.8, 4) is 0 Å². The fourth-order valence-corrected chi connectivity index (χ4v) is 3.53. The Hall–Kier alpha value is -0.660. The highest BCUT2D eigenvalue weighted by Crippen LogP contribution is 2.72. The summed E-state index contributed by atoms with van der Waals surface area (Å²) in [7, 11) is 0. The highest BCUT2D eigenvalue weighted by atomic mass is 16.1. The summed E-state index contributed by atoms with van der Waals surface area (Å²) < 4.78 is 0. The Bertz CT molecular complexity index is 290. The zero-order valence-corrected chi connectivity index (χ0v) is 7.06. The summed E-state index contributed by atoms with van der Waals surface area (Å²) in [6.45, 7) is 0. The van der Waals surface area contributed by atoms with Gasteiger partial charge in [-0.2, -0.15) is 0 Å². The van der Waals surface area contributed by atoms with Crippen LogP contribution in [0, 0.1) is 10.8 Å². The molecule has 0 N–H and O–H groups in total. The van der Waals surface area contributed by atoms with Crippen LogP contribution in [0.2, 0.25) is 0 Å². The molecule has 0 bridgehead atoms. The molecule has 3 saturated carbocycles. The lowest BCUT2D eigenvalue weighted by Gasteiger charge is -2.67. The van der Waals surface area contributed by atoms with Gasteiger partial charge >= 0.3 is 0 Å². The minimum absolute atomic E-state index is 0.123. The molecular weight excluding hydrogens is 152 g/mol. The molecule has 0 radical (unpaired) electrons. The number of carbonyl (C=O) groups is 2. The fourth-order valence-electron chi connectivity index (χ4n) is 3.53. The number of ketones is 2. The maximum Gasteiger partial charge on any atom is 0.141 e. The van der Waals surface area contributed by atoms with Crippen molar-refractivity contribution in [2.24, 2.45) is 10.8 Å². The topological polar surface area (TPSA) is 34.1 Å². The van der Waals surface area contributed by atoms with E-state index < -0.39 is 0 Å². The van der Waals surface area contributed by atoms with Crippen LogP contribution in [0.3, 0.4) is 0 Å². The van der Waals surface area contributed by atoms with Gasteiger partial charge in [-0.1, -0.05) is 0 Å². The molecule has 2 heteroatoms. The summed E-state index contributed by atoms with van der Waals surface area (Å²) in [6, 6.07) is 0. The van der Waals surface area contributed by atoms with Crippen molar-refractivity contribution in [1.29, 1.82) is 0 Å². The third-order valence-corrected chi connectivity index (χ3v) is 4.43. The van der Waals surface area contributed by atoms with Crippen molar-refractivity contribution in [3.05, 3.63) is 0 Å². The lowest BCUT2D eigenvalue weighted by Crippen LogP contribution is -2.71. The smallest absolute Gasteiger partial charge is 0.141 e. The van der Waals surface area contributed by atoms with Gasteiger partial charge in [-0.05, 0) is 25.7 Å². The van der Waals surface area contributed by atoms with Crippen LogP contribution in [-0.4, -0.2) is 11.6 Å². The SMILES string of the molecule is O=C1CC23CCC12CCCC3=O. The van der Waals surface area contributed by atoms with Crippen LogP contribution >= 0.6 is 0 Å². The molecular formula is C10H12O2.